The van der Waals surface area contributed by atoms with Crippen LogP contribution in [0.3, 0.4) is 0 Å². The van der Waals surface area contributed by atoms with Crippen LogP contribution in [-0.2, 0) is 9.59 Å². The minimum Gasteiger partial charge on any atom is -0.482 e. The average Bonchev–Trinajstić information content (AvgIpc) is 3.27. The van der Waals surface area contributed by atoms with Crippen molar-refractivity contribution in [1.29, 1.82) is 0 Å². The predicted molar refractivity (Wildman–Crippen MR) is 114 cm³/mol. The molecule has 3 amide bonds. The standard InChI is InChI=1S/C23H25N3O4/c1-15-6-5-7-18(16(15)2)24-21(27)13-26-19-12-17(23(29)25-10-3-4-11-25)8-9-20(19)30-14-22(26)28/h5-9,12H,3-4,10-11,13-14H2,1-2H3,(H,24,27). The third kappa shape index (κ3) is 3.87. The number of amides is 3. The first-order valence-corrected chi connectivity index (χ1v) is 10.2. The topological polar surface area (TPSA) is 79.0 Å². The van der Waals surface area contributed by atoms with Crippen LogP contribution in [0, 0.1) is 13.8 Å². The van der Waals surface area contributed by atoms with Crippen molar-refractivity contribution in [3.05, 3.63) is 53.1 Å². The smallest absolute Gasteiger partial charge is 0.265 e. The van der Waals surface area contributed by atoms with Gasteiger partial charge in [-0.1, -0.05) is 12.1 Å². The van der Waals surface area contributed by atoms with Crippen LogP contribution in [0.2, 0.25) is 0 Å². The van der Waals surface area contributed by atoms with Crippen molar-refractivity contribution in [3.8, 4) is 5.75 Å². The summed E-state index contributed by atoms with van der Waals surface area (Å²) in [6, 6.07) is 10.7. The maximum atomic E-state index is 12.8. The Bertz CT molecular complexity index is 1010. The van der Waals surface area contributed by atoms with Gasteiger partial charge >= 0.3 is 0 Å². The van der Waals surface area contributed by atoms with E-state index >= 15 is 0 Å². The zero-order chi connectivity index (χ0) is 21.3. The summed E-state index contributed by atoms with van der Waals surface area (Å²) in [4.78, 5) is 41.2. The van der Waals surface area contributed by atoms with Gasteiger partial charge in [-0.15, -0.1) is 0 Å². The number of aryl methyl sites for hydroxylation is 1. The molecule has 0 aromatic heterocycles. The summed E-state index contributed by atoms with van der Waals surface area (Å²) < 4.78 is 5.51. The van der Waals surface area contributed by atoms with E-state index in [1.54, 1.807) is 18.2 Å². The fourth-order valence-corrected chi connectivity index (χ4v) is 3.83. The minimum absolute atomic E-state index is 0.0619. The number of nitrogens with one attached hydrogen (secondary N) is 1. The first kappa shape index (κ1) is 19.9. The van der Waals surface area contributed by atoms with E-state index < -0.39 is 0 Å². The molecule has 2 aromatic carbocycles. The molecule has 0 spiro atoms. The number of carbonyl (C=O) groups is 3. The number of benzene rings is 2. The number of carbonyl (C=O) groups excluding carboxylic acids is 3. The predicted octanol–water partition coefficient (Wildman–Crippen LogP) is 2.90. The molecule has 0 unspecified atom stereocenters. The Kier molecular flexibility index (Phi) is 5.44. The van der Waals surface area contributed by atoms with E-state index in [9.17, 15) is 14.4 Å². The van der Waals surface area contributed by atoms with Crippen LogP contribution in [0.1, 0.15) is 34.3 Å². The summed E-state index contributed by atoms with van der Waals surface area (Å²) in [7, 11) is 0. The molecule has 4 rings (SSSR count). The second-order valence-electron chi connectivity index (χ2n) is 7.75. The van der Waals surface area contributed by atoms with Crippen LogP contribution in [0.5, 0.6) is 5.75 Å². The highest BCUT2D eigenvalue weighted by molar-refractivity contribution is 6.06. The fraction of sp³-hybridized carbons (Fsp3) is 0.348. The maximum Gasteiger partial charge on any atom is 0.265 e. The van der Waals surface area contributed by atoms with Gasteiger partial charge in [0.05, 0.1) is 5.69 Å². The van der Waals surface area contributed by atoms with E-state index in [2.05, 4.69) is 5.32 Å². The Balaban J connectivity index is 1.56. The van der Waals surface area contributed by atoms with Crippen molar-refractivity contribution in [2.75, 3.05) is 36.5 Å². The fourth-order valence-electron chi connectivity index (χ4n) is 3.83. The van der Waals surface area contributed by atoms with Crippen LogP contribution >= 0.6 is 0 Å². The number of hydrogen-bond acceptors (Lipinski definition) is 4. The summed E-state index contributed by atoms with van der Waals surface area (Å²) >= 11 is 0. The van der Waals surface area contributed by atoms with Crippen LogP contribution < -0.4 is 15.0 Å². The van der Waals surface area contributed by atoms with Crippen molar-refractivity contribution >= 4 is 29.1 Å². The molecule has 2 heterocycles. The molecule has 0 atom stereocenters. The van der Waals surface area contributed by atoms with Crippen molar-refractivity contribution in [2.45, 2.75) is 26.7 Å². The molecule has 0 bridgehead atoms. The summed E-state index contributed by atoms with van der Waals surface area (Å²) in [6.45, 7) is 5.12. The lowest BCUT2D eigenvalue weighted by molar-refractivity contribution is -0.123. The molecule has 0 saturated carbocycles. The lowest BCUT2D eigenvalue weighted by atomic mass is 10.1. The van der Waals surface area contributed by atoms with Crippen LogP contribution in [0.15, 0.2) is 36.4 Å². The number of nitrogens with zero attached hydrogens (tertiary/aromatic N) is 2. The number of ether oxygens (including phenoxy) is 1. The minimum atomic E-state index is -0.315. The van der Waals surface area contributed by atoms with Crippen molar-refractivity contribution in [2.24, 2.45) is 0 Å². The van der Waals surface area contributed by atoms with Gasteiger partial charge in [0.1, 0.15) is 12.3 Å². The van der Waals surface area contributed by atoms with Crippen LogP contribution in [0.4, 0.5) is 11.4 Å². The Labute approximate surface area is 175 Å². The molecule has 2 aliphatic heterocycles. The zero-order valence-corrected chi connectivity index (χ0v) is 17.2. The second-order valence-corrected chi connectivity index (χ2v) is 7.75. The molecule has 7 nitrogen and oxygen atoms in total. The Morgan fingerprint density at radius 2 is 1.87 bits per heavy atom. The third-order valence-corrected chi connectivity index (χ3v) is 5.72. The van der Waals surface area contributed by atoms with Gasteiger partial charge < -0.3 is 15.0 Å². The van der Waals surface area contributed by atoms with E-state index in [0.29, 0.717) is 17.0 Å². The van der Waals surface area contributed by atoms with E-state index in [1.165, 1.54) is 4.90 Å². The van der Waals surface area contributed by atoms with E-state index in [0.717, 1.165) is 42.7 Å². The van der Waals surface area contributed by atoms with Gasteiger partial charge in [-0.25, -0.2) is 0 Å². The molecule has 1 fully saturated rings. The number of anilines is 2. The molecule has 1 saturated heterocycles. The van der Waals surface area contributed by atoms with E-state index in [4.69, 9.17) is 4.74 Å². The highest BCUT2D eigenvalue weighted by atomic mass is 16.5. The third-order valence-electron chi connectivity index (χ3n) is 5.72. The van der Waals surface area contributed by atoms with Crippen molar-refractivity contribution in [3.63, 3.8) is 0 Å². The van der Waals surface area contributed by atoms with Gasteiger partial charge in [0.15, 0.2) is 6.61 Å². The maximum absolute atomic E-state index is 12.8. The van der Waals surface area contributed by atoms with Gasteiger partial charge in [-0.3, -0.25) is 19.3 Å². The highest BCUT2D eigenvalue weighted by Gasteiger charge is 2.29. The molecule has 0 radical (unpaired) electrons. The molecule has 30 heavy (non-hydrogen) atoms. The van der Waals surface area contributed by atoms with Gasteiger partial charge in [-0.05, 0) is 62.1 Å². The summed E-state index contributed by atoms with van der Waals surface area (Å²) in [5, 5.41) is 2.88. The molecule has 7 heteroatoms. The molecule has 2 aliphatic rings. The second kappa shape index (κ2) is 8.18. The molecular weight excluding hydrogens is 382 g/mol. The summed E-state index contributed by atoms with van der Waals surface area (Å²) in [5.41, 5.74) is 3.73. The highest BCUT2D eigenvalue weighted by Crippen LogP contribution is 2.33. The lowest BCUT2D eigenvalue weighted by Gasteiger charge is -2.29. The molecule has 0 aliphatic carbocycles. The van der Waals surface area contributed by atoms with Crippen molar-refractivity contribution in [1.82, 2.24) is 4.90 Å². The molecule has 1 N–H and O–H groups in total. The number of likely N-dealkylation sites (tertiary alicyclic amines) is 1. The SMILES string of the molecule is Cc1cccc(NC(=O)CN2C(=O)COc3ccc(C(=O)N4CCCC4)cc32)c1C. The Hall–Kier alpha value is -3.35. The normalized spacial score (nSPS) is 15.6. The first-order chi connectivity index (χ1) is 14.4. The zero-order valence-electron chi connectivity index (χ0n) is 17.2. The Morgan fingerprint density at radius 1 is 1.10 bits per heavy atom. The first-order valence-electron chi connectivity index (χ1n) is 10.2. The summed E-state index contributed by atoms with van der Waals surface area (Å²) in [6.07, 6.45) is 2.01. The van der Waals surface area contributed by atoms with E-state index in [1.807, 2.05) is 36.9 Å². The molecular formula is C23H25N3O4. The van der Waals surface area contributed by atoms with Gasteiger partial charge in [0, 0.05) is 24.3 Å². The number of hydrogen-bond donors (Lipinski definition) is 1. The quantitative estimate of drug-likeness (QED) is 0.845. The number of rotatable bonds is 4. The lowest BCUT2D eigenvalue weighted by Crippen LogP contribution is -2.43. The van der Waals surface area contributed by atoms with Crippen molar-refractivity contribution < 1.29 is 19.1 Å². The number of fused-ring (bicyclic) bond motifs is 1. The monoisotopic (exact) mass is 407 g/mol. The van der Waals surface area contributed by atoms with Gasteiger partial charge in [-0.2, -0.15) is 0 Å². The average molecular weight is 407 g/mol. The molecule has 2 aromatic rings. The Morgan fingerprint density at radius 3 is 2.63 bits per heavy atom. The van der Waals surface area contributed by atoms with E-state index in [-0.39, 0.29) is 30.9 Å². The van der Waals surface area contributed by atoms with Crippen LogP contribution in [0.25, 0.3) is 0 Å². The summed E-state index contributed by atoms with van der Waals surface area (Å²) in [5.74, 6) is -0.189. The molecule has 156 valence electrons. The van der Waals surface area contributed by atoms with Gasteiger partial charge in [0.2, 0.25) is 5.91 Å². The van der Waals surface area contributed by atoms with Crippen LogP contribution in [-0.4, -0.2) is 48.9 Å². The largest absolute Gasteiger partial charge is 0.482 e. The van der Waals surface area contributed by atoms with Gasteiger partial charge in [0.25, 0.3) is 11.8 Å².